The van der Waals surface area contributed by atoms with Gasteiger partial charge < -0.3 is 8.83 Å². The molecule has 0 aliphatic heterocycles. The van der Waals surface area contributed by atoms with E-state index in [1.165, 1.54) is 0 Å². The van der Waals surface area contributed by atoms with Crippen LogP contribution in [0.1, 0.15) is 42.5 Å². The SMILES string of the molecule is [2H]c1c([2H])c([2H])c(-c2nc(-c3c([2H])c([2H])c([2H])c([2H])c3[2H])nc(-c3c([2H])c([2H])c4c(oc5c(-c6c([2H])c(-c7c([2H])c([2H])c(-c8c([2H])c([2H])c([2H])c([2H])c8[2H])c([2H])c7[2H])c([2H])c7c6oc6c([2H])c([2H])c([2H])c([2H])c67)c([2H])c([2H])c([2H])c54)c3[2H])n2)c([2H])c1[2H]. The Morgan fingerprint density at radius 2 is 0.786 bits per heavy atom. The molecule has 8 aromatic carbocycles. The second-order valence-electron chi connectivity index (χ2n) is 11.6. The maximum Gasteiger partial charge on any atom is 0.164 e. The average Bonchev–Trinajstić information content (AvgIpc) is 1.62. The number of hydrogen-bond acceptors (Lipinski definition) is 5. The summed E-state index contributed by atoms with van der Waals surface area (Å²) in [5, 5.41) is -2.40. The first kappa shape index (κ1) is 13.6. The Balaban J connectivity index is 1.29. The average molecular weight is 749 g/mol. The van der Waals surface area contributed by atoms with Crippen molar-refractivity contribution in [3.05, 3.63) is 187 Å². The normalized spacial score (nSPS) is 19.3. The number of hydrogen-bond donors (Lipinski definition) is 0. The maximum atomic E-state index is 9.98. The van der Waals surface area contributed by atoms with E-state index in [4.69, 9.17) is 34.9 Å². The highest BCUT2D eigenvalue weighted by Crippen LogP contribution is 2.44. The van der Waals surface area contributed by atoms with Crippen molar-refractivity contribution in [2.45, 2.75) is 0 Å². The van der Waals surface area contributed by atoms with Crippen LogP contribution >= 0.6 is 0 Å². The zero-order chi connectivity index (χ0) is 64.0. The van der Waals surface area contributed by atoms with Gasteiger partial charge in [-0.1, -0.05) is 157 Å². The lowest BCUT2D eigenvalue weighted by Gasteiger charge is -2.10. The van der Waals surface area contributed by atoms with Crippen molar-refractivity contribution >= 4 is 43.9 Å². The van der Waals surface area contributed by atoms with Crippen LogP contribution in [-0.2, 0) is 0 Å². The summed E-state index contributed by atoms with van der Waals surface area (Å²) in [6.07, 6.45) is 0. The van der Waals surface area contributed by atoms with Crippen LogP contribution in [0.25, 0.3) is 111 Å². The van der Waals surface area contributed by atoms with Gasteiger partial charge in [0.25, 0.3) is 0 Å². The van der Waals surface area contributed by atoms with Gasteiger partial charge in [-0.05, 0) is 52.5 Å². The zero-order valence-corrected chi connectivity index (χ0v) is 27.7. The number of nitrogens with zero attached hydrogens (tertiary/aromatic N) is 3. The van der Waals surface area contributed by atoms with Crippen molar-refractivity contribution in [3.63, 3.8) is 0 Å². The number of rotatable bonds is 6. The topological polar surface area (TPSA) is 65.0 Å². The lowest BCUT2D eigenvalue weighted by Crippen LogP contribution is -2.00. The molecule has 3 heterocycles. The van der Waals surface area contributed by atoms with Crippen LogP contribution < -0.4 is 0 Å². The molecule has 0 spiro atoms. The van der Waals surface area contributed by atoms with Gasteiger partial charge in [0.2, 0.25) is 0 Å². The first-order chi connectivity index (χ1) is 40.6. The molecule has 0 saturated carbocycles. The van der Waals surface area contributed by atoms with E-state index in [0.717, 1.165) is 0 Å². The van der Waals surface area contributed by atoms with E-state index in [1.807, 2.05) is 0 Å². The van der Waals surface area contributed by atoms with Crippen LogP contribution in [-0.4, -0.2) is 15.0 Å². The fourth-order valence-corrected chi connectivity index (χ4v) is 5.83. The third kappa shape index (κ3) is 5.45. The molecule has 11 aromatic rings. The van der Waals surface area contributed by atoms with Gasteiger partial charge in [-0.15, -0.1) is 0 Å². The number of aromatic nitrogens is 3. The Labute approximate surface area is 365 Å². The summed E-state index contributed by atoms with van der Waals surface area (Å²) in [4.78, 5) is 12.8. The summed E-state index contributed by atoms with van der Waals surface area (Å²) < 4.78 is 287. The van der Waals surface area contributed by atoms with E-state index in [2.05, 4.69) is 15.0 Å². The molecule has 0 saturated heterocycles. The molecule has 0 N–H and O–H groups in total. The summed E-state index contributed by atoms with van der Waals surface area (Å²) >= 11 is 0. The number of fused-ring (bicyclic) bond motifs is 6. The van der Waals surface area contributed by atoms with Crippen LogP contribution in [0.2, 0.25) is 0 Å². The summed E-state index contributed by atoms with van der Waals surface area (Å²) in [7, 11) is 0. The van der Waals surface area contributed by atoms with Crippen LogP contribution in [0.5, 0.6) is 0 Å². The first-order valence-corrected chi connectivity index (χ1v) is 16.2. The van der Waals surface area contributed by atoms with Gasteiger partial charge in [-0.25, -0.2) is 15.0 Å². The molecule has 0 amide bonds. The van der Waals surface area contributed by atoms with Crippen molar-refractivity contribution in [2.75, 3.05) is 0 Å². The van der Waals surface area contributed by atoms with Crippen molar-refractivity contribution in [2.24, 2.45) is 0 Å². The fraction of sp³-hybridized carbons (Fsp3) is 0. The Kier molecular flexibility index (Phi) is 3.17. The Morgan fingerprint density at radius 3 is 1.46 bits per heavy atom. The molecule has 5 heteroatoms. The maximum absolute atomic E-state index is 9.98. The van der Waals surface area contributed by atoms with Gasteiger partial charge in [0.05, 0.1) is 42.5 Å². The Bertz CT molecular complexity index is 4870. The highest BCUT2D eigenvalue weighted by atomic mass is 16.3. The standard InChI is InChI=1S/C51H31N3O2/c1-4-13-32(14-5-1)33-23-25-34(26-24-33)38-29-43-39-19-10-11-22-45(39)55-48(43)44(30-38)42-21-12-20-41-40-28-27-37(31-46(40)56-47(41)42)51-53-49(35-15-6-2-7-16-35)52-50(54-51)36-17-8-3-9-18-36/h1-31H/i1D,2D,3D,4D,5D,6D,7D,8D,9D,10D,11D,12D,13D,14D,15D,16D,17D,18D,19D,20D,21D,22D,23D,24D,25D,26D,27D,28D,29D,30D,31D. The molecular formula is C51H31N3O2. The minimum Gasteiger partial charge on any atom is -0.455 e. The lowest BCUT2D eigenvalue weighted by molar-refractivity contribution is 0.665. The van der Waals surface area contributed by atoms with E-state index >= 15 is 0 Å². The molecular weight excluding hydrogens is 687 g/mol. The van der Waals surface area contributed by atoms with Crippen molar-refractivity contribution in [1.82, 2.24) is 15.0 Å². The Hall–Kier alpha value is -7.63. The molecule has 0 radical (unpaired) electrons. The van der Waals surface area contributed by atoms with Crippen LogP contribution in [0, 0.1) is 0 Å². The van der Waals surface area contributed by atoms with Gasteiger partial charge in [-0.3, -0.25) is 0 Å². The molecule has 3 aromatic heterocycles. The second kappa shape index (κ2) is 13.0. The van der Waals surface area contributed by atoms with Gasteiger partial charge in [0, 0.05) is 49.4 Å². The monoisotopic (exact) mass is 748 g/mol. The quantitative estimate of drug-likeness (QED) is 0.169. The van der Waals surface area contributed by atoms with Crippen LogP contribution in [0.3, 0.4) is 0 Å². The highest BCUT2D eigenvalue weighted by Gasteiger charge is 2.20. The van der Waals surface area contributed by atoms with Gasteiger partial charge >= 0.3 is 0 Å². The summed E-state index contributed by atoms with van der Waals surface area (Å²) in [6.45, 7) is 0. The molecule has 262 valence electrons. The third-order valence-corrected chi connectivity index (χ3v) is 8.30. The second-order valence-corrected chi connectivity index (χ2v) is 11.6. The van der Waals surface area contributed by atoms with Gasteiger partial charge in [0.1, 0.15) is 22.3 Å². The van der Waals surface area contributed by atoms with Crippen LogP contribution in [0.4, 0.5) is 0 Å². The van der Waals surface area contributed by atoms with E-state index in [-0.39, 0.29) is 0 Å². The van der Waals surface area contributed by atoms with Gasteiger partial charge in [-0.2, -0.15) is 0 Å². The highest BCUT2D eigenvalue weighted by molar-refractivity contribution is 6.16. The van der Waals surface area contributed by atoms with Crippen LogP contribution in [0.15, 0.2) is 196 Å². The number of furan rings is 2. The molecule has 0 bridgehead atoms. The Morgan fingerprint density at radius 1 is 0.304 bits per heavy atom. The molecule has 5 nitrogen and oxygen atoms in total. The van der Waals surface area contributed by atoms with Crippen molar-refractivity contribution in [3.8, 4) is 67.5 Å². The smallest absolute Gasteiger partial charge is 0.164 e. The van der Waals surface area contributed by atoms with E-state index < -0.39 is 299 Å². The van der Waals surface area contributed by atoms with Gasteiger partial charge in [0.15, 0.2) is 17.5 Å². The molecule has 0 unspecified atom stereocenters. The summed E-state index contributed by atoms with van der Waals surface area (Å²) in [5.41, 5.74) is -10.1. The fourth-order valence-electron chi connectivity index (χ4n) is 5.83. The lowest BCUT2D eigenvalue weighted by atomic mass is 9.94. The molecule has 0 aliphatic carbocycles. The van der Waals surface area contributed by atoms with Crippen molar-refractivity contribution in [1.29, 1.82) is 0 Å². The third-order valence-electron chi connectivity index (χ3n) is 8.30. The molecule has 0 fully saturated rings. The molecule has 11 rings (SSSR count). The summed E-state index contributed by atoms with van der Waals surface area (Å²) in [5.74, 6) is -2.50. The molecule has 0 atom stereocenters. The van der Waals surface area contributed by atoms with Crippen molar-refractivity contribution < 1.29 is 51.3 Å². The predicted molar refractivity (Wildman–Crippen MR) is 227 cm³/mol. The summed E-state index contributed by atoms with van der Waals surface area (Å²) in [6, 6.07) is -28.9. The minimum absolute atomic E-state index is 0.557. The first-order valence-electron chi connectivity index (χ1n) is 31.7. The molecule has 0 aliphatic rings. The molecule has 56 heavy (non-hydrogen) atoms. The number of para-hydroxylation sites is 2. The van der Waals surface area contributed by atoms with E-state index in [9.17, 15) is 16.4 Å². The zero-order valence-electron chi connectivity index (χ0n) is 58.7. The van der Waals surface area contributed by atoms with E-state index in [0.29, 0.717) is 0 Å². The predicted octanol–water partition coefficient (Wildman–Crippen LogP) is 13.7. The number of benzene rings is 8. The minimum atomic E-state index is -1.08. The largest absolute Gasteiger partial charge is 0.455 e. The van der Waals surface area contributed by atoms with E-state index in [1.54, 1.807) is 0 Å².